The van der Waals surface area contributed by atoms with E-state index in [0.29, 0.717) is 17.5 Å². The molecule has 7 nitrogen and oxygen atoms in total. The molecule has 0 aliphatic heterocycles. The minimum absolute atomic E-state index is 0.601. The van der Waals surface area contributed by atoms with Gasteiger partial charge in [0.2, 0.25) is 0 Å². The summed E-state index contributed by atoms with van der Waals surface area (Å²) in [7, 11) is 21.9. The Morgan fingerprint density at radius 3 is 1.78 bits per heavy atom. The third-order valence-corrected chi connectivity index (χ3v) is 13.3. The molecular weight excluding hydrogens is 701 g/mol. The Morgan fingerprint density at radius 2 is 1.03 bits per heavy atom. The van der Waals surface area contributed by atoms with Crippen molar-refractivity contribution in [1.29, 1.82) is 0 Å². The molecule has 3 heterocycles. The predicted octanol–water partition coefficient (Wildman–Crippen LogP) is -7.60. The Morgan fingerprint density at radius 1 is 0.448 bits per heavy atom. The molecule has 7 aromatic carbocycles. The van der Waals surface area contributed by atoms with Crippen molar-refractivity contribution in [3.8, 4) is 39.9 Å². The standard InChI is InChI=1S/C41H34B10N6O/c42-27-26(28(43)30(45)31(46)29(27)44)41-53-39(52-40(54-41)19-5-3-7-23-25(19)18-4-1-2-6-22(18)58-23)17-11-9-15-8-10-16-12-13-21-37(24(16)20(15)14-17)56-57(55-21)38-35(50)33(48)32(47)34(49)36(38)51/h1-14H,42-51H2. The number of para-hydroxylation sites is 1. The summed E-state index contributed by atoms with van der Waals surface area (Å²) < 4.78 is 6.33. The first-order chi connectivity index (χ1) is 27.9. The summed E-state index contributed by atoms with van der Waals surface area (Å²) in [5.41, 5.74) is 19.6. The maximum atomic E-state index is 6.33. The highest BCUT2D eigenvalue weighted by Gasteiger charge is 2.22. The number of benzene rings is 7. The Balaban J connectivity index is 1.24. The van der Waals surface area contributed by atoms with E-state index in [-0.39, 0.29) is 0 Å². The molecule has 0 saturated heterocycles. The average Bonchev–Trinajstić information content (AvgIpc) is 3.85. The molecular formula is C41H34B10N6O. The molecule has 0 atom stereocenters. The number of furan rings is 1. The molecule has 0 aliphatic carbocycles. The molecule has 0 amide bonds. The van der Waals surface area contributed by atoms with Crippen molar-refractivity contribution in [2.45, 2.75) is 0 Å². The van der Waals surface area contributed by atoms with Gasteiger partial charge < -0.3 is 4.42 Å². The van der Waals surface area contributed by atoms with Gasteiger partial charge in [0.25, 0.3) is 0 Å². The van der Waals surface area contributed by atoms with Crippen LogP contribution in [-0.2, 0) is 0 Å². The second-order valence-electron chi connectivity index (χ2n) is 16.1. The smallest absolute Gasteiger partial charge is 0.164 e. The van der Waals surface area contributed by atoms with Crippen LogP contribution in [0.4, 0.5) is 0 Å². The Hall–Kier alpha value is -6.08. The first-order valence-corrected chi connectivity index (χ1v) is 20.0. The van der Waals surface area contributed by atoms with Crippen LogP contribution >= 0.6 is 0 Å². The van der Waals surface area contributed by atoms with Gasteiger partial charge in [0.05, 0.1) is 5.69 Å². The fraction of sp³-hybridized carbons (Fsp3) is 0. The minimum Gasteiger partial charge on any atom is -0.456 e. The maximum Gasteiger partial charge on any atom is 0.164 e. The van der Waals surface area contributed by atoms with Gasteiger partial charge in [-0.1, -0.05) is 93.4 Å². The summed E-state index contributed by atoms with van der Waals surface area (Å²) in [4.78, 5) is 17.8. The summed E-state index contributed by atoms with van der Waals surface area (Å²) in [5.74, 6) is 1.86. The van der Waals surface area contributed by atoms with Crippen LogP contribution in [0.25, 0.3) is 94.4 Å². The first kappa shape index (κ1) is 36.3. The van der Waals surface area contributed by atoms with Gasteiger partial charge in [0, 0.05) is 32.8 Å². The van der Waals surface area contributed by atoms with Crippen molar-refractivity contribution < 1.29 is 4.42 Å². The zero-order valence-electron chi connectivity index (χ0n) is 34.7. The van der Waals surface area contributed by atoms with Crippen molar-refractivity contribution in [2.24, 2.45) is 0 Å². The van der Waals surface area contributed by atoms with Gasteiger partial charge in [-0.15, -0.1) is 32.0 Å². The molecule has 0 N–H and O–H groups in total. The Kier molecular flexibility index (Phi) is 8.28. The molecule has 0 radical (unpaired) electrons. The number of hydrogen-bond acceptors (Lipinski definition) is 6. The summed E-state index contributed by atoms with van der Waals surface area (Å²) in [6.07, 6.45) is 0. The van der Waals surface area contributed by atoms with Crippen LogP contribution in [0.5, 0.6) is 0 Å². The van der Waals surface area contributed by atoms with Gasteiger partial charge in [-0.2, -0.15) is 4.80 Å². The molecule has 58 heavy (non-hydrogen) atoms. The van der Waals surface area contributed by atoms with Crippen molar-refractivity contribution in [3.63, 3.8) is 0 Å². The molecule has 0 saturated carbocycles. The zero-order chi connectivity index (χ0) is 40.3. The predicted molar refractivity (Wildman–Crippen MR) is 273 cm³/mol. The lowest BCUT2D eigenvalue weighted by molar-refractivity contribution is 0.669. The lowest BCUT2D eigenvalue weighted by Gasteiger charge is -2.20. The van der Waals surface area contributed by atoms with Gasteiger partial charge in [-0.05, 0) is 40.4 Å². The summed E-state index contributed by atoms with van der Waals surface area (Å²) >= 11 is 0. The van der Waals surface area contributed by atoms with Gasteiger partial charge in [-0.25, -0.2) is 15.0 Å². The first-order valence-electron chi connectivity index (χ1n) is 20.0. The number of fused-ring (bicyclic) bond motifs is 8. The highest BCUT2D eigenvalue weighted by Crippen LogP contribution is 2.37. The molecule has 0 fully saturated rings. The number of aromatic nitrogens is 6. The summed E-state index contributed by atoms with van der Waals surface area (Å²) in [6, 6.07) is 29.4. The Bertz CT molecular complexity index is 3380. The molecule has 10 rings (SSSR count). The molecule has 0 aliphatic rings. The minimum atomic E-state index is 0.601. The summed E-state index contributed by atoms with van der Waals surface area (Å²) in [5, 5.41) is 16.7. The van der Waals surface area contributed by atoms with Crippen molar-refractivity contribution >= 4 is 188 Å². The largest absolute Gasteiger partial charge is 0.456 e. The van der Waals surface area contributed by atoms with E-state index >= 15 is 0 Å². The third-order valence-electron chi connectivity index (χ3n) is 13.3. The van der Waals surface area contributed by atoms with Gasteiger partial charge >= 0.3 is 0 Å². The van der Waals surface area contributed by atoms with Crippen molar-refractivity contribution in [1.82, 2.24) is 29.9 Å². The van der Waals surface area contributed by atoms with E-state index in [1.807, 2.05) is 35.1 Å². The van der Waals surface area contributed by atoms with Crippen LogP contribution in [0, 0.1) is 0 Å². The lowest BCUT2D eigenvalue weighted by atomic mass is 9.60. The van der Waals surface area contributed by atoms with Crippen LogP contribution < -0.4 is 54.6 Å². The second kappa shape index (κ2) is 13.2. The van der Waals surface area contributed by atoms with Gasteiger partial charge in [-0.3, -0.25) is 0 Å². The molecule has 0 unspecified atom stereocenters. The van der Waals surface area contributed by atoms with Crippen LogP contribution in [0.1, 0.15) is 0 Å². The van der Waals surface area contributed by atoms with E-state index in [1.54, 1.807) is 0 Å². The van der Waals surface area contributed by atoms with Crippen LogP contribution in [-0.4, -0.2) is 108 Å². The van der Waals surface area contributed by atoms with E-state index in [2.05, 4.69) is 133 Å². The van der Waals surface area contributed by atoms with Crippen LogP contribution in [0.3, 0.4) is 0 Å². The molecule has 17 heteroatoms. The fourth-order valence-electron chi connectivity index (χ4n) is 9.07. The zero-order valence-corrected chi connectivity index (χ0v) is 34.7. The number of nitrogens with zero attached hydrogens (tertiary/aromatic N) is 6. The molecule has 0 bridgehead atoms. The van der Waals surface area contributed by atoms with Crippen LogP contribution in [0.2, 0.25) is 0 Å². The number of hydrogen-bond donors (Lipinski definition) is 0. The molecule has 3 aromatic heterocycles. The molecule has 264 valence electrons. The van der Waals surface area contributed by atoms with Crippen molar-refractivity contribution in [3.05, 3.63) is 84.9 Å². The quantitative estimate of drug-likeness (QED) is 0.132. The monoisotopic (exact) mass is 736 g/mol. The van der Waals surface area contributed by atoms with E-state index < -0.39 is 0 Å². The molecule has 0 spiro atoms. The van der Waals surface area contributed by atoms with Gasteiger partial charge in [0.15, 0.2) is 17.5 Å². The average molecular weight is 735 g/mol. The molecule has 10 aromatic rings. The number of rotatable bonds is 4. The van der Waals surface area contributed by atoms with E-state index in [1.165, 1.54) is 54.6 Å². The highest BCUT2D eigenvalue weighted by molar-refractivity contribution is 6.69. The van der Waals surface area contributed by atoms with E-state index in [9.17, 15) is 0 Å². The van der Waals surface area contributed by atoms with E-state index in [0.717, 1.165) is 76.9 Å². The van der Waals surface area contributed by atoms with Gasteiger partial charge in [0.1, 0.15) is 101 Å². The lowest BCUT2D eigenvalue weighted by Crippen LogP contribution is -2.56. The Labute approximate surface area is 345 Å². The SMILES string of the molecule is Bc1c(B)c(B)c(-c2nc(-c3ccc4ccc5ccc6nn(-c7c(B)c(B)c(B)c(B)c7B)nc6c5c4c3)nc(-c3cccc4oc5ccccc5c34)n2)c(B)c1B. The fourth-order valence-corrected chi connectivity index (χ4v) is 9.07. The highest BCUT2D eigenvalue weighted by atomic mass is 16.3. The van der Waals surface area contributed by atoms with Crippen LogP contribution in [0.15, 0.2) is 89.3 Å². The van der Waals surface area contributed by atoms with E-state index in [4.69, 9.17) is 29.6 Å². The topological polar surface area (TPSA) is 82.5 Å². The second-order valence-corrected chi connectivity index (χ2v) is 16.1. The third kappa shape index (κ3) is 5.32. The normalized spacial score (nSPS) is 11.8. The maximum absolute atomic E-state index is 6.33. The van der Waals surface area contributed by atoms with Crippen molar-refractivity contribution in [2.75, 3.05) is 0 Å². The summed E-state index contributed by atoms with van der Waals surface area (Å²) in [6.45, 7) is 0.